The summed E-state index contributed by atoms with van der Waals surface area (Å²) < 4.78 is 26.5. The van der Waals surface area contributed by atoms with E-state index < -0.39 is 10.0 Å². The molecule has 0 bridgehead atoms. The second-order valence-electron chi connectivity index (χ2n) is 4.94. The van der Waals surface area contributed by atoms with Crippen LogP contribution in [0.1, 0.15) is 12.8 Å². The van der Waals surface area contributed by atoms with Gasteiger partial charge in [-0.3, -0.25) is 0 Å². The van der Waals surface area contributed by atoms with E-state index in [2.05, 4.69) is 4.90 Å². The van der Waals surface area contributed by atoms with Crippen LogP contribution in [0.5, 0.6) is 0 Å². The summed E-state index contributed by atoms with van der Waals surface area (Å²) in [7, 11) is 0.685. The maximum absolute atomic E-state index is 12.5. The molecule has 1 aliphatic heterocycles. The molecule has 1 unspecified atom stereocenters. The molecule has 100 valence electrons. The molecule has 4 nitrogen and oxygen atoms in total. The largest absolute Gasteiger partial charge is 0.305 e. The Morgan fingerprint density at radius 3 is 2.50 bits per heavy atom. The molecule has 18 heavy (non-hydrogen) atoms. The lowest BCUT2D eigenvalue weighted by Gasteiger charge is -2.35. The molecule has 1 fully saturated rings. The maximum atomic E-state index is 12.5. The lowest BCUT2D eigenvalue weighted by Crippen LogP contribution is -2.47. The van der Waals surface area contributed by atoms with Crippen molar-refractivity contribution in [1.29, 1.82) is 0 Å². The molecule has 1 heterocycles. The normalized spacial score (nSPS) is 22.3. The van der Waals surface area contributed by atoms with Crippen LogP contribution in [0.4, 0.5) is 0 Å². The quantitative estimate of drug-likeness (QED) is 0.832. The molecule has 1 aliphatic rings. The summed E-state index contributed by atoms with van der Waals surface area (Å²) in [5, 5.41) is 0. The molecule has 0 amide bonds. The minimum Gasteiger partial charge on any atom is -0.305 e. The Hall–Kier alpha value is -0.910. The molecule has 0 radical (unpaired) electrons. The minimum atomic E-state index is -3.32. The van der Waals surface area contributed by atoms with Gasteiger partial charge in [-0.25, -0.2) is 8.42 Å². The van der Waals surface area contributed by atoms with Gasteiger partial charge in [0.1, 0.15) is 0 Å². The molecule has 0 spiro atoms. The van der Waals surface area contributed by atoms with Crippen LogP contribution in [0.15, 0.2) is 35.2 Å². The van der Waals surface area contributed by atoms with Crippen LogP contribution >= 0.6 is 0 Å². The van der Waals surface area contributed by atoms with Crippen molar-refractivity contribution in [3.8, 4) is 0 Å². The summed E-state index contributed by atoms with van der Waals surface area (Å²) in [5.74, 6) is 0. The number of rotatable bonds is 3. The summed E-state index contributed by atoms with van der Waals surface area (Å²) in [6, 6.07) is 9.00. The number of benzene rings is 1. The first-order valence-corrected chi connectivity index (χ1v) is 7.67. The second-order valence-corrected chi connectivity index (χ2v) is 6.87. The van der Waals surface area contributed by atoms with E-state index in [1.165, 1.54) is 0 Å². The number of piperidine rings is 1. The molecular weight excluding hydrogens is 248 g/mol. The summed E-state index contributed by atoms with van der Waals surface area (Å²) in [4.78, 5) is 2.50. The van der Waals surface area contributed by atoms with Gasteiger partial charge in [-0.1, -0.05) is 18.2 Å². The highest BCUT2D eigenvalue weighted by Gasteiger charge is 2.30. The molecule has 1 saturated heterocycles. The SMILES string of the molecule is CN(C)C1CCCN(S(=O)(=O)c2ccccc2)C1. The van der Waals surface area contributed by atoms with E-state index in [-0.39, 0.29) is 0 Å². The third-order valence-electron chi connectivity index (χ3n) is 3.47. The van der Waals surface area contributed by atoms with Gasteiger partial charge in [0, 0.05) is 19.1 Å². The van der Waals surface area contributed by atoms with Crippen molar-refractivity contribution in [3.63, 3.8) is 0 Å². The fraction of sp³-hybridized carbons (Fsp3) is 0.538. The average Bonchev–Trinajstić information content (AvgIpc) is 2.40. The van der Waals surface area contributed by atoms with Gasteiger partial charge in [-0.05, 0) is 39.1 Å². The summed E-state index contributed by atoms with van der Waals surface area (Å²) >= 11 is 0. The van der Waals surface area contributed by atoms with Crippen molar-refractivity contribution in [2.45, 2.75) is 23.8 Å². The number of nitrogens with zero attached hydrogens (tertiary/aromatic N) is 2. The monoisotopic (exact) mass is 268 g/mol. The molecule has 1 atom stereocenters. The minimum absolute atomic E-state index is 0.317. The zero-order valence-corrected chi connectivity index (χ0v) is 11.7. The number of hydrogen-bond donors (Lipinski definition) is 0. The maximum Gasteiger partial charge on any atom is 0.243 e. The Labute approximate surface area is 109 Å². The van der Waals surface area contributed by atoms with Gasteiger partial charge in [0.25, 0.3) is 0 Å². The third-order valence-corrected chi connectivity index (χ3v) is 5.35. The van der Waals surface area contributed by atoms with E-state index in [9.17, 15) is 8.42 Å². The molecular formula is C13H20N2O2S. The van der Waals surface area contributed by atoms with Crippen molar-refractivity contribution in [3.05, 3.63) is 30.3 Å². The standard InChI is InChI=1S/C13H20N2O2S/c1-14(2)12-7-6-10-15(11-12)18(16,17)13-8-4-3-5-9-13/h3-5,8-9,12H,6-7,10-11H2,1-2H3. The number of hydrogen-bond acceptors (Lipinski definition) is 3. The number of likely N-dealkylation sites (N-methyl/N-ethyl adjacent to an activating group) is 1. The molecule has 0 saturated carbocycles. The van der Waals surface area contributed by atoms with Crippen LogP contribution in [0.2, 0.25) is 0 Å². The van der Waals surface area contributed by atoms with Crippen LogP contribution < -0.4 is 0 Å². The smallest absolute Gasteiger partial charge is 0.243 e. The van der Waals surface area contributed by atoms with Crippen molar-refractivity contribution in [2.75, 3.05) is 27.2 Å². The van der Waals surface area contributed by atoms with Crippen molar-refractivity contribution >= 4 is 10.0 Å². The molecule has 0 aromatic heterocycles. The first-order chi connectivity index (χ1) is 8.51. The van der Waals surface area contributed by atoms with E-state index in [4.69, 9.17) is 0 Å². The van der Waals surface area contributed by atoms with E-state index in [1.54, 1.807) is 28.6 Å². The highest BCUT2D eigenvalue weighted by atomic mass is 32.2. The third kappa shape index (κ3) is 2.74. The Morgan fingerprint density at radius 2 is 1.89 bits per heavy atom. The van der Waals surface area contributed by atoms with Crippen molar-refractivity contribution < 1.29 is 8.42 Å². The first kappa shape index (κ1) is 13.5. The molecule has 2 rings (SSSR count). The fourth-order valence-electron chi connectivity index (χ4n) is 2.30. The van der Waals surface area contributed by atoms with E-state index in [1.807, 2.05) is 20.2 Å². The lowest BCUT2D eigenvalue weighted by molar-refractivity contribution is 0.190. The van der Waals surface area contributed by atoms with Crippen LogP contribution in [0, 0.1) is 0 Å². The highest BCUT2D eigenvalue weighted by Crippen LogP contribution is 2.21. The molecule has 1 aromatic rings. The molecule has 5 heteroatoms. The molecule has 0 aliphatic carbocycles. The summed E-state index contributed by atoms with van der Waals surface area (Å²) in [5.41, 5.74) is 0. The van der Waals surface area contributed by atoms with Gasteiger partial charge >= 0.3 is 0 Å². The predicted octanol–water partition coefficient (Wildman–Crippen LogP) is 1.40. The second kappa shape index (κ2) is 5.38. The average molecular weight is 268 g/mol. The van der Waals surface area contributed by atoms with Crippen molar-refractivity contribution in [1.82, 2.24) is 9.21 Å². The Balaban J connectivity index is 2.21. The highest BCUT2D eigenvalue weighted by molar-refractivity contribution is 7.89. The van der Waals surface area contributed by atoms with Gasteiger partial charge in [0.15, 0.2) is 0 Å². The fourth-order valence-corrected chi connectivity index (χ4v) is 3.84. The summed E-state index contributed by atoms with van der Waals surface area (Å²) in [6.07, 6.45) is 1.99. The predicted molar refractivity (Wildman–Crippen MR) is 71.9 cm³/mol. The Bertz CT molecular complexity index is 485. The van der Waals surface area contributed by atoms with E-state index in [0.29, 0.717) is 24.0 Å². The molecule has 1 aromatic carbocycles. The number of sulfonamides is 1. The zero-order valence-electron chi connectivity index (χ0n) is 10.9. The van der Waals surface area contributed by atoms with Crippen LogP contribution in [0.3, 0.4) is 0 Å². The van der Waals surface area contributed by atoms with Crippen LogP contribution in [-0.2, 0) is 10.0 Å². The van der Waals surface area contributed by atoms with Crippen LogP contribution in [0.25, 0.3) is 0 Å². The first-order valence-electron chi connectivity index (χ1n) is 6.23. The molecule has 0 N–H and O–H groups in total. The van der Waals surface area contributed by atoms with E-state index >= 15 is 0 Å². The van der Waals surface area contributed by atoms with Gasteiger partial charge in [-0.15, -0.1) is 0 Å². The van der Waals surface area contributed by atoms with Gasteiger partial charge in [0.2, 0.25) is 10.0 Å². The summed E-state index contributed by atoms with van der Waals surface area (Å²) in [6.45, 7) is 1.21. The van der Waals surface area contributed by atoms with Gasteiger partial charge in [-0.2, -0.15) is 4.31 Å². The zero-order chi connectivity index (χ0) is 13.2. The van der Waals surface area contributed by atoms with Crippen LogP contribution in [-0.4, -0.2) is 50.8 Å². The van der Waals surface area contributed by atoms with Gasteiger partial charge in [0.05, 0.1) is 4.90 Å². The Kier molecular flexibility index (Phi) is 4.04. The van der Waals surface area contributed by atoms with Gasteiger partial charge < -0.3 is 4.90 Å². The lowest BCUT2D eigenvalue weighted by atomic mass is 10.1. The van der Waals surface area contributed by atoms with E-state index in [0.717, 1.165) is 12.8 Å². The van der Waals surface area contributed by atoms with Crippen molar-refractivity contribution in [2.24, 2.45) is 0 Å². The Morgan fingerprint density at radius 1 is 1.22 bits per heavy atom. The topological polar surface area (TPSA) is 40.6 Å².